The van der Waals surface area contributed by atoms with Crippen molar-refractivity contribution in [1.29, 1.82) is 0 Å². The van der Waals surface area contributed by atoms with Crippen LogP contribution in [0.15, 0.2) is 24.4 Å². The standard InChI is InChI=1S/C17H21F3N6O/c1-24-5-7-26(8-6-24)15-4-3-12(10-21-15)11-22-16(27)13-9-14(17(18,19)20)23-25(13)2/h3-4,9-10H,5-8,11H2,1-2H3,(H,22,27). The van der Waals surface area contributed by atoms with Crippen LogP contribution in [0.4, 0.5) is 19.0 Å². The molecule has 0 aliphatic carbocycles. The van der Waals surface area contributed by atoms with E-state index in [2.05, 4.69) is 32.2 Å². The maximum Gasteiger partial charge on any atom is 0.435 e. The van der Waals surface area contributed by atoms with Crippen LogP contribution in [0, 0.1) is 0 Å². The van der Waals surface area contributed by atoms with Gasteiger partial charge in [0.05, 0.1) is 0 Å². The molecule has 10 heteroatoms. The molecule has 0 unspecified atom stereocenters. The highest BCUT2D eigenvalue weighted by atomic mass is 19.4. The smallest absolute Gasteiger partial charge is 0.354 e. The minimum Gasteiger partial charge on any atom is -0.354 e. The van der Waals surface area contributed by atoms with Gasteiger partial charge in [-0.3, -0.25) is 9.48 Å². The van der Waals surface area contributed by atoms with E-state index in [1.165, 1.54) is 7.05 Å². The lowest BCUT2D eigenvalue weighted by atomic mass is 10.2. The molecule has 1 amide bonds. The zero-order valence-electron chi connectivity index (χ0n) is 15.1. The first-order valence-electron chi connectivity index (χ1n) is 8.52. The second kappa shape index (κ2) is 7.55. The number of nitrogens with one attached hydrogen (secondary N) is 1. The molecule has 1 fully saturated rings. The van der Waals surface area contributed by atoms with Crippen molar-refractivity contribution in [3.05, 3.63) is 41.3 Å². The number of pyridine rings is 1. The van der Waals surface area contributed by atoms with E-state index in [-0.39, 0.29) is 12.2 Å². The number of likely N-dealkylation sites (N-methyl/N-ethyl adjacent to an activating group) is 1. The van der Waals surface area contributed by atoms with Crippen molar-refractivity contribution < 1.29 is 18.0 Å². The summed E-state index contributed by atoms with van der Waals surface area (Å²) < 4.78 is 39.0. The van der Waals surface area contributed by atoms with E-state index >= 15 is 0 Å². The number of hydrogen-bond acceptors (Lipinski definition) is 5. The van der Waals surface area contributed by atoms with Gasteiger partial charge in [0.2, 0.25) is 0 Å². The van der Waals surface area contributed by atoms with Crippen molar-refractivity contribution in [3.63, 3.8) is 0 Å². The summed E-state index contributed by atoms with van der Waals surface area (Å²) in [5.41, 5.74) is -0.475. The van der Waals surface area contributed by atoms with E-state index in [9.17, 15) is 18.0 Å². The molecule has 1 aliphatic heterocycles. The SMILES string of the molecule is CN1CCN(c2ccc(CNC(=O)c3cc(C(F)(F)F)nn3C)cn2)CC1. The lowest BCUT2D eigenvalue weighted by Crippen LogP contribution is -2.44. The molecule has 3 rings (SSSR count). The number of alkyl halides is 3. The van der Waals surface area contributed by atoms with Gasteiger partial charge in [-0.25, -0.2) is 4.98 Å². The van der Waals surface area contributed by atoms with Crippen molar-refractivity contribution in [2.75, 3.05) is 38.1 Å². The summed E-state index contributed by atoms with van der Waals surface area (Å²) >= 11 is 0. The average Bonchev–Trinajstić information content (AvgIpc) is 3.03. The molecule has 0 radical (unpaired) electrons. The van der Waals surface area contributed by atoms with Gasteiger partial charge in [0, 0.05) is 52.0 Å². The first-order valence-corrected chi connectivity index (χ1v) is 8.52. The number of aryl methyl sites for hydroxylation is 1. The van der Waals surface area contributed by atoms with Gasteiger partial charge >= 0.3 is 6.18 Å². The van der Waals surface area contributed by atoms with Gasteiger partial charge < -0.3 is 15.1 Å². The van der Waals surface area contributed by atoms with Crippen molar-refractivity contribution >= 4 is 11.7 Å². The Hall–Kier alpha value is -2.62. The summed E-state index contributed by atoms with van der Waals surface area (Å²) in [6.45, 7) is 3.93. The van der Waals surface area contributed by atoms with Crippen molar-refractivity contribution in [1.82, 2.24) is 25.0 Å². The van der Waals surface area contributed by atoms with Crippen molar-refractivity contribution in [2.24, 2.45) is 7.05 Å². The predicted octanol–water partition coefficient (Wildman–Crippen LogP) is 1.52. The molecule has 3 heterocycles. The van der Waals surface area contributed by atoms with Gasteiger partial charge in [-0.2, -0.15) is 18.3 Å². The Kier molecular flexibility index (Phi) is 5.36. The van der Waals surface area contributed by atoms with Crippen LogP contribution in [-0.2, 0) is 19.8 Å². The third kappa shape index (κ3) is 4.57. The molecular weight excluding hydrogens is 361 g/mol. The van der Waals surface area contributed by atoms with E-state index in [4.69, 9.17) is 0 Å². The summed E-state index contributed by atoms with van der Waals surface area (Å²) in [5, 5.41) is 5.93. The quantitative estimate of drug-likeness (QED) is 0.869. The first-order chi connectivity index (χ1) is 12.7. The van der Waals surface area contributed by atoms with Crippen LogP contribution >= 0.6 is 0 Å². The Morgan fingerprint density at radius 1 is 1.19 bits per heavy atom. The summed E-state index contributed by atoms with van der Waals surface area (Å²) in [7, 11) is 3.38. The fourth-order valence-electron chi connectivity index (χ4n) is 2.84. The zero-order chi connectivity index (χ0) is 19.6. The molecule has 0 spiro atoms. The lowest BCUT2D eigenvalue weighted by molar-refractivity contribution is -0.141. The summed E-state index contributed by atoms with van der Waals surface area (Å²) in [6, 6.07) is 4.48. The van der Waals surface area contributed by atoms with Crippen molar-refractivity contribution in [2.45, 2.75) is 12.7 Å². The Morgan fingerprint density at radius 3 is 2.44 bits per heavy atom. The lowest BCUT2D eigenvalue weighted by Gasteiger charge is -2.33. The third-order valence-electron chi connectivity index (χ3n) is 4.49. The van der Waals surface area contributed by atoms with Crippen LogP contribution in [0.3, 0.4) is 0 Å². The van der Waals surface area contributed by atoms with Crippen LogP contribution in [0.25, 0.3) is 0 Å². The van der Waals surface area contributed by atoms with E-state index in [0.29, 0.717) is 0 Å². The number of aromatic nitrogens is 3. The molecule has 2 aromatic rings. The molecule has 0 atom stereocenters. The molecule has 1 saturated heterocycles. The zero-order valence-corrected chi connectivity index (χ0v) is 15.1. The number of hydrogen-bond donors (Lipinski definition) is 1. The minimum absolute atomic E-state index is 0.149. The maximum atomic E-state index is 12.7. The number of anilines is 1. The molecule has 2 aromatic heterocycles. The Bertz CT molecular complexity index is 794. The largest absolute Gasteiger partial charge is 0.435 e. The molecule has 7 nitrogen and oxygen atoms in total. The normalized spacial score (nSPS) is 15.8. The summed E-state index contributed by atoms with van der Waals surface area (Å²) in [5.74, 6) is 0.253. The topological polar surface area (TPSA) is 66.3 Å². The summed E-state index contributed by atoms with van der Waals surface area (Å²) in [6.07, 6.45) is -2.92. The Balaban J connectivity index is 1.58. The van der Waals surface area contributed by atoms with Gasteiger partial charge in [-0.05, 0) is 18.7 Å². The Morgan fingerprint density at radius 2 is 1.89 bits per heavy atom. The highest BCUT2D eigenvalue weighted by Gasteiger charge is 2.35. The number of halogens is 3. The van der Waals surface area contributed by atoms with E-state index < -0.39 is 17.8 Å². The number of carbonyl (C=O) groups is 1. The van der Waals surface area contributed by atoms with Crippen LogP contribution in [0.1, 0.15) is 21.7 Å². The summed E-state index contributed by atoms with van der Waals surface area (Å²) in [4.78, 5) is 21.0. The van der Waals surface area contributed by atoms with Gasteiger partial charge in [0.1, 0.15) is 11.5 Å². The van der Waals surface area contributed by atoms with Gasteiger partial charge in [0.25, 0.3) is 5.91 Å². The fraction of sp³-hybridized carbons (Fsp3) is 0.471. The Labute approximate surface area is 154 Å². The molecular formula is C17H21F3N6O. The number of piperazine rings is 1. The molecule has 0 saturated carbocycles. The van der Waals surface area contributed by atoms with Gasteiger partial charge in [-0.15, -0.1) is 0 Å². The number of carbonyl (C=O) groups excluding carboxylic acids is 1. The molecule has 146 valence electrons. The van der Waals surface area contributed by atoms with Crippen LogP contribution in [0.5, 0.6) is 0 Å². The third-order valence-corrected chi connectivity index (χ3v) is 4.49. The predicted molar refractivity (Wildman–Crippen MR) is 93.3 cm³/mol. The van der Waals surface area contributed by atoms with Crippen LogP contribution < -0.4 is 10.2 Å². The minimum atomic E-state index is -4.58. The molecule has 27 heavy (non-hydrogen) atoms. The molecule has 0 aromatic carbocycles. The molecule has 1 N–H and O–H groups in total. The first kappa shape index (κ1) is 19.2. The number of nitrogens with zero attached hydrogens (tertiary/aromatic N) is 5. The second-order valence-electron chi connectivity index (χ2n) is 6.53. The highest BCUT2D eigenvalue weighted by molar-refractivity contribution is 5.92. The van der Waals surface area contributed by atoms with Gasteiger partial charge in [0.15, 0.2) is 5.69 Å². The van der Waals surface area contributed by atoms with Crippen molar-refractivity contribution in [3.8, 4) is 0 Å². The van der Waals surface area contributed by atoms with Crippen LogP contribution in [-0.4, -0.2) is 58.8 Å². The number of amides is 1. The second-order valence-corrected chi connectivity index (χ2v) is 6.53. The van der Waals surface area contributed by atoms with E-state index in [0.717, 1.165) is 48.3 Å². The molecule has 1 aliphatic rings. The monoisotopic (exact) mass is 382 g/mol. The number of rotatable bonds is 4. The van der Waals surface area contributed by atoms with Crippen LogP contribution in [0.2, 0.25) is 0 Å². The highest BCUT2D eigenvalue weighted by Crippen LogP contribution is 2.28. The fourth-order valence-corrected chi connectivity index (χ4v) is 2.84. The maximum absolute atomic E-state index is 12.7. The van der Waals surface area contributed by atoms with E-state index in [1.54, 1.807) is 6.20 Å². The molecule has 0 bridgehead atoms. The van der Waals surface area contributed by atoms with E-state index in [1.807, 2.05) is 12.1 Å². The average molecular weight is 382 g/mol. The van der Waals surface area contributed by atoms with Gasteiger partial charge in [-0.1, -0.05) is 6.07 Å².